The lowest BCUT2D eigenvalue weighted by molar-refractivity contribution is 0.0742. The number of benzene rings is 2. The van der Waals surface area contributed by atoms with Gasteiger partial charge in [-0.2, -0.15) is 5.10 Å². The highest BCUT2D eigenvalue weighted by atomic mass is 16.2. The third-order valence-corrected chi connectivity index (χ3v) is 6.02. The molecule has 8 nitrogen and oxygen atoms in total. The first-order valence-corrected chi connectivity index (χ1v) is 10.9. The number of aromatic nitrogens is 5. The molecule has 0 atom stereocenters. The molecule has 6 rings (SSSR count). The predicted octanol–water partition coefficient (Wildman–Crippen LogP) is 3.53. The molecule has 1 saturated heterocycles. The molecule has 4 heterocycles. The van der Waals surface area contributed by atoms with Crippen LogP contribution in [0.15, 0.2) is 72.9 Å². The van der Waals surface area contributed by atoms with Crippen molar-refractivity contribution in [2.75, 3.05) is 31.1 Å². The molecular weight excluding hydrogens is 414 g/mol. The van der Waals surface area contributed by atoms with Crippen LogP contribution < -0.4 is 4.90 Å². The Bertz CT molecular complexity index is 1460. The van der Waals surface area contributed by atoms with Gasteiger partial charge in [0.1, 0.15) is 11.5 Å². The Kier molecular flexibility index (Phi) is 4.68. The van der Waals surface area contributed by atoms with Crippen LogP contribution in [0, 0.1) is 0 Å². The third-order valence-electron chi connectivity index (χ3n) is 6.02. The number of hydrogen-bond acceptors (Lipinski definition) is 6. The molecule has 0 unspecified atom stereocenters. The minimum atomic E-state index is -0.0474. The number of nitrogens with zero attached hydrogens (tertiary/aromatic N) is 6. The van der Waals surface area contributed by atoms with E-state index in [2.05, 4.69) is 20.1 Å². The molecule has 3 aromatic heterocycles. The normalized spacial score (nSPS) is 14.2. The molecule has 0 spiro atoms. The number of rotatable bonds is 3. The van der Waals surface area contributed by atoms with Crippen LogP contribution in [-0.4, -0.2) is 62.1 Å². The fraction of sp³-hybridized carbons (Fsp3) is 0.160. The summed E-state index contributed by atoms with van der Waals surface area (Å²) in [5, 5.41) is 9.08. The summed E-state index contributed by atoms with van der Waals surface area (Å²) in [5.41, 5.74) is 2.96. The highest BCUT2D eigenvalue weighted by molar-refractivity contribution is 6.04. The zero-order valence-electron chi connectivity index (χ0n) is 17.8. The van der Waals surface area contributed by atoms with E-state index in [0.717, 1.165) is 33.3 Å². The first kappa shape index (κ1) is 19.4. The molecule has 1 aliphatic rings. The lowest BCUT2D eigenvalue weighted by Gasteiger charge is -2.35. The van der Waals surface area contributed by atoms with Gasteiger partial charge in [-0.25, -0.2) is 9.97 Å². The molecule has 8 heteroatoms. The van der Waals surface area contributed by atoms with E-state index in [1.807, 2.05) is 71.6 Å². The van der Waals surface area contributed by atoms with E-state index in [9.17, 15) is 4.79 Å². The average Bonchev–Trinajstić information content (AvgIpc) is 3.32. The van der Waals surface area contributed by atoms with Crippen molar-refractivity contribution in [3.8, 4) is 11.5 Å². The summed E-state index contributed by atoms with van der Waals surface area (Å²) >= 11 is 0. The maximum absolute atomic E-state index is 13.2. The molecule has 162 valence electrons. The number of aromatic amines is 1. The minimum absolute atomic E-state index is 0.0474. The van der Waals surface area contributed by atoms with E-state index < -0.39 is 0 Å². The maximum Gasteiger partial charge on any atom is 0.275 e. The topological polar surface area (TPSA) is 90.9 Å². The van der Waals surface area contributed by atoms with Crippen molar-refractivity contribution >= 4 is 33.5 Å². The molecule has 5 aromatic rings. The number of carbonyl (C=O) groups excluding carboxylic acids is 1. The van der Waals surface area contributed by atoms with Crippen molar-refractivity contribution in [2.24, 2.45) is 0 Å². The Morgan fingerprint density at radius 2 is 1.58 bits per heavy atom. The predicted molar refractivity (Wildman–Crippen MR) is 127 cm³/mol. The quantitative estimate of drug-likeness (QED) is 0.466. The Morgan fingerprint density at radius 3 is 2.39 bits per heavy atom. The summed E-state index contributed by atoms with van der Waals surface area (Å²) in [6.45, 7) is 2.54. The number of carbonyl (C=O) groups is 1. The molecule has 1 amide bonds. The number of piperazine rings is 1. The molecule has 2 aromatic carbocycles. The monoisotopic (exact) mass is 435 g/mol. The van der Waals surface area contributed by atoms with Gasteiger partial charge in [-0.15, -0.1) is 0 Å². The van der Waals surface area contributed by atoms with Crippen LogP contribution in [0.4, 0.5) is 5.82 Å². The largest absolute Gasteiger partial charge is 0.352 e. The van der Waals surface area contributed by atoms with Crippen LogP contribution in [0.5, 0.6) is 0 Å². The summed E-state index contributed by atoms with van der Waals surface area (Å²) in [4.78, 5) is 31.3. The summed E-state index contributed by atoms with van der Waals surface area (Å²) in [6.07, 6.45) is 1.75. The van der Waals surface area contributed by atoms with E-state index >= 15 is 0 Å². The molecular formula is C25H21N7O. The number of H-pyrrole nitrogens is 1. The molecule has 0 radical (unpaired) electrons. The van der Waals surface area contributed by atoms with E-state index in [4.69, 9.17) is 9.97 Å². The number of anilines is 1. The molecule has 0 aliphatic carbocycles. The number of fused-ring (bicyclic) bond motifs is 2. The summed E-state index contributed by atoms with van der Waals surface area (Å²) < 4.78 is 0. The standard InChI is InChI=1S/C25H21N7O/c33-25(22-17-7-1-4-10-20(17)29-30-22)32-15-13-31(14-16-32)24-18-8-2-3-9-19(18)27-23(28-24)21-11-5-6-12-26-21/h1-12H,13-16H2,(H,29,30). The number of hydrogen-bond donors (Lipinski definition) is 1. The number of amides is 1. The Balaban J connectivity index is 1.28. The van der Waals surface area contributed by atoms with Crippen molar-refractivity contribution < 1.29 is 4.79 Å². The highest BCUT2D eigenvalue weighted by Gasteiger charge is 2.27. The summed E-state index contributed by atoms with van der Waals surface area (Å²) in [5.74, 6) is 1.43. The molecule has 0 bridgehead atoms. The van der Waals surface area contributed by atoms with Gasteiger partial charge < -0.3 is 9.80 Å². The van der Waals surface area contributed by atoms with Gasteiger partial charge in [-0.05, 0) is 30.3 Å². The fourth-order valence-electron chi connectivity index (χ4n) is 4.31. The van der Waals surface area contributed by atoms with Gasteiger partial charge in [0.05, 0.1) is 11.0 Å². The second kappa shape index (κ2) is 7.98. The van der Waals surface area contributed by atoms with Gasteiger partial charge in [-0.1, -0.05) is 36.4 Å². The third kappa shape index (κ3) is 3.45. The smallest absolute Gasteiger partial charge is 0.275 e. The average molecular weight is 435 g/mol. The van der Waals surface area contributed by atoms with Crippen molar-refractivity contribution in [1.82, 2.24) is 30.0 Å². The second-order valence-corrected chi connectivity index (χ2v) is 8.00. The molecule has 33 heavy (non-hydrogen) atoms. The zero-order chi connectivity index (χ0) is 22.2. The lowest BCUT2D eigenvalue weighted by atomic mass is 10.1. The van der Waals surface area contributed by atoms with Crippen LogP contribution >= 0.6 is 0 Å². The number of para-hydroxylation sites is 2. The Morgan fingerprint density at radius 1 is 0.818 bits per heavy atom. The summed E-state index contributed by atoms with van der Waals surface area (Å²) in [7, 11) is 0. The van der Waals surface area contributed by atoms with Crippen molar-refractivity contribution in [1.29, 1.82) is 0 Å². The Labute approximate surface area is 189 Å². The van der Waals surface area contributed by atoms with Crippen molar-refractivity contribution in [2.45, 2.75) is 0 Å². The Hall–Kier alpha value is -4.33. The molecule has 1 aliphatic heterocycles. The minimum Gasteiger partial charge on any atom is -0.352 e. The number of pyridine rings is 1. The van der Waals surface area contributed by atoms with Gasteiger partial charge in [-0.3, -0.25) is 14.9 Å². The summed E-state index contributed by atoms with van der Waals surface area (Å²) in [6, 6.07) is 21.4. The van der Waals surface area contributed by atoms with Gasteiger partial charge in [0, 0.05) is 43.1 Å². The lowest BCUT2D eigenvalue weighted by Crippen LogP contribution is -2.49. The van der Waals surface area contributed by atoms with Crippen molar-refractivity contribution in [3.63, 3.8) is 0 Å². The van der Waals surface area contributed by atoms with Crippen molar-refractivity contribution in [3.05, 3.63) is 78.6 Å². The molecule has 0 saturated carbocycles. The zero-order valence-corrected chi connectivity index (χ0v) is 17.8. The first-order valence-electron chi connectivity index (χ1n) is 10.9. The van der Waals surface area contributed by atoms with Crippen LogP contribution in [-0.2, 0) is 0 Å². The first-order chi connectivity index (χ1) is 16.3. The fourth-order valence-corrected chi connectivity index (χ4v) is 4.31. The number of nitrogens with one attached hydrogen (secondary N) is 1. The van der Waals surface area contributed by atoms with Crippen LogP contribution in [0.3, 0.4) is 0 Å². The second-order valence-electron chi connectivity index (χ2n) is 8.00. The van der Waals surface area contributed by atoms with Gasteiger partial charge >= 0.3 is 0 Å². The van der Waals surface area contributed by atoms with Gasteiger partial charge in [0.2, 0.25) is 0 Å². The maximum atomic E-state index is 13.2. The van der Waals surface area contributed by atoms with E-state index in [0.29, 0.717) is 37.7 Å². The van der Waals surface area contributed by atoms with Crippen LogP contribution in [0.25, 0.3) is 33.3 Å². The van der Waals surface area contributed by atoms with E-state index in [-0.39, 0.29) is 5.91 Å². The molecule has 1 N–H and O–H groups in total. The SMILES string of the molecule is O=C(c1n[nH]c2ccccc12)N1CCN(c2nc(-c3ccccn3)nc3ccccc23)CC1. The highest BCUT2D eigenvalue weighted by Crippen LogP contribution is 2.28. The van der Waals surface area contributed by atoms with Gasteiger partial charge in [0.25, 0.3) is 5.91 Å². The van der Waals surface area contributed by atoms with Crippen LogP contribution in [0.2, 0.25) is 0 Å². The van der Waals surface area contributed by atoms with Crippen LogP contribution in [0.1, 0.15) is 10.5 Å². The van der Waals surface area contributed by atoms with Gasteiger partial charge in [0.15, 0.2) is 11.5 Å². The van der Waals surface area contributed by atoms with E-state index in [1.165, 1.54) is 0 Å². The van der Waals surface area contributed by atoms with E-state index in [1.54, 1.807) is 6.20 Å². The molecule has 1 fully saturated rings.